The minimum atomic E-state index is 0.0719. The van der Waals surface area contributed by atoms with E-state index < -0.39 is 0 Å². The number of anilines is 3. The maximum Gasteiger partial charge on any atom is 0.159 e. The van der Waals surface area contributed by atoms with Gasteiger partial charge in [0.15, 0.2) is 5.58 Å². The summed E-state index contributed by atoms with van der Waals surface area (Å²) in [6.45, 7) is 6.77. The molecule has 198 valence electrons. The van der Waals surface area contributed by atoms with Crippen molar-refractivity contribution in [2.75, 3.05) is 4.90 Å². The molecule has 8 aromatic rings. The van der Waals surface area contributed by atoms with Crippen molar-refractivity contribution in [2.24, 2.45) is 0 Å². The number of benzene rings is 7. The zero-order valence-corrected chi connectivity index (χ0v) is 24.8. The minimum Gasteiger partial charge on any atom is -0.454 e. The Bertz CT molecular complexity index is 2250. The third-order valence-electron chi connectivity index (χ3n) is 8.45. The van der Waals surface area contributed by atoms with Crippen molar-refractivity contribution >= 4 is 87.2 Å². The van der Waals surface area contributed by atoms with Gasteiger partial charge in [-0.2, -0.15) is 0 Å². The van der Waals surface area contributed by atoms with Crippen LogP contribution in [0.5, 0.6) is 0 Å². The average molecular weight is 595 g/mol. The molecule has 0 fully saturated rings. The second kappa shape index (κ2) is 8.83. The van der Waals surface area contributed by atoms with Crippen LogP contribution < -0.4 is 4.90 Å². The molecule has 0 aliphatic heterocycles. The van der Waals surface area contributed by atoms with Gasteiger partial charge in [-0.05, 0) is 74.3 Å². The number of hydrogen-bond acceptors (Lipinski definition) is 2. The van der Waals surface area contributed by atoms with Crippen LogP contribution in [0.4, 0.5) is 17.1 Å². The summed E-state index contributed by atoms with van der Waals surface area (Å²) in [5.41, 5.74) is 6.43. The van der Waals surface area contributed by atoms with Crippen molar-refractivity contribution < 1.29 is 4.42 Å². The van der Waals surface area contributed by atoms with Crippen molar-refractivity contribution in [1.29, 1.82) is 0 Å². The Morgan fingerprint density at radius 2 is 1.22 bits per heavy atom. The molecule has 41 heavy (non-hydrogen) atoms. The summed E-state index contributed by atoms with van der Waals surface area (Å²) >= 11 is 3.81. The van der Waals surface area contributed by atoms with Crippen LogP contribution in [0.3, 0.4) is 0 Å². The molecule has 1 heterocycles. The Morgan fingerprint density at radius 1 is 0.561 bits per heavy atom. The summed E-state index contributed by atoms with van der Waals surface area (Å²) in [6, 6.07) is 41.7. The highest BCUT2D eigenvalue weighted by Gasteiger charge is 2.23. The molecule has 0 unspecified atom stereocenters. The van der Waals surface area contributed by atoms with E-state index in [4.69, 9.17) is 4.42 Å². The highest BCUT2D eigenvalue weighted by Crippen LogP contribution is 2.47. The lowest BCUT2D eigenvalue weighted by atomic mass is 9.87. The number of fused-ring (bicyclic) bond motifs is 3. The SMILES string of the molecule is CC(C)(C)c1ccc(N(c2ccc3ccc4c(Br)ccc5ccc2c3c54)c2cccc3c2oc2ccccc23)cc1. The second-order valence-electron chi connectivity index (χ2n) is 11.9. The Kier molecular flexibility index (Phi) is 5.27. The number of nitrogens with zero attached hydrogens (tertiary/aromatic N) is 1. The van der Waals surface area contributed by atoms with E-state index in [-0.39, 0.29) is 5.41 Å². The maximum absolute atomic E-state index is 6.58. The molecule has 0 aliphatic carbocycles. The molecular formula is C38H28BrNO. The Hall–Kier alpha value is -4.34. The van der Waals surface area contributed by atoms with Crippen molar-refractivity contribution in [3.05, 3.63) is 125 Å². The lowest BCUT2D eigenvalue weighted by molar-refractivity contribution is 0.590. The molecule has 0 spiro atoms. The number of halogens is 1. The molecule has 0 aliphatic rings. The van der Waals surface area contributed by atoms with Gasteiger partial charge in [-0.1, -0.05) is 116 Å². The molecule has 0 N–H and O–H groups in total. The first-order valence-electron chi connectivity index (χ1n) is 14.1. The first kappa shape index (κ1) is 24.5. The molecule has 1 aromatic heterocycles. The maximum atomic E-state index is 6.58. The van der Waals surface area contributed by atoms with Gasteiger partial charge in [0.25, 0.3) is 0 Å². The van der Waals surface area contributed by atoms with E-state index in [0.29, 0.717) is 0 Å². The first-order valence-corrected chi connectivity index (χ1v) is 14.8. The monoisotopic (exact) mass is 593 g/mol. The zero-order valence-electron chi connectivity index (χ0n) is 23.2. The molecule has 0 saturated heterocycles. The average Bonchev–Trinajstić information content (AvgIpc) is 3.37. The van der Waals surface area contributed by atoms with Gasteiger partial charge >= 0.3 is 0 Å². The van der Waals surface area contributed by atoms with Crippen LogP contribution in [0, 0.1) is 0 Å². The highest BCUT2D eigenvalue weighted by molar-refractivity contribution is 9.10. The van der Waals surface area contributed by atoms with Crippen LogP contribution in [0.2, 0.25) is 0 Å². The molecule has 0 saturated carbocycles. The summed E-state index contributed by atoms with van der Waals surface area (Å²) in [6.07, 6.45) is 0. The molecule has 8 rings (SSSR count). The second-order valence-corrected chi connectivity index (χ2v) is 12.8. The van der Waals surface area contributed by atoms with Crippen LogP contribution in [-0.4, -0.2) is 0 Å². The molecule has 0 amide bonds. The fourth-order valence-electron chi connectivity index (χ4n) is 6.37. The van der Waals surface area contributed by atoms with Gasteiger partial charge in [-0.15, -0.1) is 0 Å². The predicted molar refractivity (Wildman–Crippen MR) is 179 cm³/mol. The summed E-state index contributed by atoms with van der Waals surface area (Å²) in [4.78, 5) is 2.37. The van der Waals surface area contributed by atoms with E-state index in [1.54, 1.807) is 0 Å². The third kappa shape index (κ3) is 3.69. The van der Waals surface area contributed by atoms with Crippen LogP contribution in [-0.2, 0) is 5.41 Å². The standard InChI is InChI=1S/C38H28BrNO/c1-38(2,3)25-15-17-26(18-16-25)40(33-9-6-8-28-27-7-4-5-10-34(27)41-37(28)33)32-22-14-24-11-19-29-31(39)21-13-23-12-20-30(32)36(24)35(23)29/h4-22H,1-3H3. The van der Waals surface area contributed by atoms with Crippen LogP contribution in [0.15, 0.2) is 124 Å². The fraction of sp³-hybridized carbons (Fsp3) is 0.105. The summed E-state index contributed by atoms with van der Waals surface area (Å²) < 4.78 is 7.70. The summed E-state index contributed by atoms with van der Waals surface area (Å²) in [5, 5.41) is 9.77. The van der Waals surface area contributed by atoms with Gasteiger partial charge in [0.1, 0.15) is 5.58 Å². The van der Waals surface area contributed by atoms with E-state index in [0.717, 1.165) is 43.5 Å². The molecule has 0 bridgehead atoms. The van der Waals surface area contributed by atoms with E-state index in [1.165, 1.54) is 37.9 Å². The molecule has 3 heteroatoms. The third-order valence-corrected chi connectivity index (χ3v) is 9.14. The van der Waals surface area contributed by atoms with Gasteiger partial charge < -0.3 is 9.32 Å². The fourth-order valence-corrected chi connectivity index (χ4v) is 6.83. The van der Waals surface area contributed by atoms with E-state index in [2.05, 4.69) is 151 Å². The number of hydrogen-bond donors (Lipinski definition) is 0. The van der Waals surface area contributed by atoms with Gasteiger partial charge in [0.2, 0.25) is 0 Å². The van der Waals surface area contributed by atoms with Crippen molar-refractivity contribution in [3.63, 3.8) is 0 Å². The summed E-state index contributed by atoms with van der Waals surface area (Å²) in [7, 11) is 0. The van der Waals surface area contributed by atoms with E-state index >= 15 is 0 Å². The highest BCUT2D eigenvalue weighted by atomic mass is 79.9. The topological polar surface area (TPSA) is 16.4 Å². The van der Waals surface area contributed by atoms with Crippen LogP contribution >= 0.6 is 15.9 Å². The zero-order chi connectivity index (χ0) is 27.9. The Balaban J connectivity index is 1.47. The lowest BCUT2D eigenvalue weighted by Crippen LogP contribution is -2.13. The van der Waals surface area contributed by atoms with Gasteiger partial charge in [-0.25, -0.2) is 0 Å². The molecule has 0 radical (unpaired) electrons. The van der Waals surface area contributed by atoms with E-state index in [9.17, 15) is 0 Å². The number of para-hydroxylation sites is 2. The van der Waals surface area contributed by atoms with Crippen molar-refractivity contribution in [1.82, 2.24) is 0 Å². The van der Waals surface area contributed by atoms with E-state index in [1.807, 2.05) is 6.07 Å². The smallest absolute Gasteiger partial charge is 0.159 e. The predicted octanol–water partition coefficient (Wildman–Crippen LogP) is 12.0. The first-order chi connectivity index (χ1) is 19.9. The van der Waals surface area contributed by atoms with Crippen molar-refractivity contribution in [2.45, 2.75) is 26.2 Å². The minimum absolute atomic E-state index is 0.0719. The van der Waals surface area contributed by atoms with Crippen LogP contribution in [0.1, 0.15) is 26.3 Å². The quantitative estimate of drug-likeness (QED) is 0.189. The number of rotatable bonds is 3. The van der Waals surface area contributed by atoms with Gasteiger partial charge in [0, 0.05) is 26.3 Å². The molecular weight excluding hydrogens is 566 g/mol. The molecule has 0 atom stereocenters. The Labute approximate surface area is 247 Å². The van der Waals surface area contributed by atoms with Gasteiger partial charge in [0.05, 0.1) is 11.4 Å². The van der Waals surface area contributed by atoms with Crippen LogP contribution in [0.25, 0.3) is 54.3 Å². The van der Waals surface area contributed by atoms with Crippen molar-refractivity contribution in [3.8, 4) is 0 Å². The normalized spacial score (nSPS) is 12.4. The largest absolute Gasteiger partial charge is 0.454 e. The molecule has 2 nitrogen and oxygen atoms in total. The Morgan fingerprint density at radius 3 is 2.00 bits per heavy atom. The summed E-state index contributed by atoms with van der Waals surface area (Å²) in [5.74, 6) is 0. The number of furan rings is 1. The lowest BCUT2D eigenvalue weighted by Gasteiger charge is -2.28. The molecule has 7 aromatic carbocycles. The van der Waals surface area contributed by atoms with Gasteiger partial charge in [-0.3, -0.25) is 0 Å².